The molecule has 1 atom stereocenters. The Morgan fingerprint density at radius 3 is 2.37 bits per heavy atom. The number of nitrogens with zero attached hydrogens (tertiary/aromatic N) is 3. The number of carbonyl (C=O) groups is 1. The van der Waals surface area contributed by atoms with E-state index >= 15 is 0 Å². The number of benzene rings is 1. The van der Waals surface area contributed by atoms with Crippen LogP contribution in [0.15, 0.2) is 24.3 Å². The number of carbonyl (C=O) groups excluding carboxylic acids is 1. The predicted octanol–water partition coefficient (Wildman–Crippen LogP) is 2.10. The summed E-state index contributed by atoms with van der Waals surface area (Å²) in [5.74, 6) is 0.576. The van der Waals surface area contributed by atoms with Gasteiger partial charge in [0.1, 0.15) is 11.4 Å². The summed E-state index contributed by atoms with van der Waals surface area (Å²) in [6, 6.07) is 6.67. The van der Waals surface area contributed by atoms with E-state index in [1.54, 1.807) is 31.7 Å². The van der Waals surface area contributed by atoms with Crippen LogP contribution in [0.3, 0.4) is 0 Å². The van der Waals surface area contributed by atoms with Gasteiger partial charge in [0.15, 0.2) is 0 Å². The second-order valence-electron chi connectivity index (χ2n) is 7.58. The quantitative estimate of drug-likeness (QED) is 0.775. The molecule has 0 spiro atoms. The molecule has 0 radical (unpaired) electrons. The van der Waals surface area contributed by atoms with Crippen molar-refractivity contribution in [1.29, 1.82) is 0 Å². The summed E-state index contributed by atoms with van der Waals surface area (Å²) in [6.45, 7) is 6.01. The molecule has 1 aromatic rings. The minimum atomic E-state index is -3.67. The van der Waals surface area contributed by atoms with Crippen molar-refractivity contribution in [3.05, 3.63) is 29.8 Å². The van der Waals surface area contributed by atoms with Crippen molar-refractivity contribution in [3.63, 3.8) is 0 Å². The fourth-order valence-corrected chi connectivity index (χ4v) is 4.17. The first-order valence-electron chi connectivity index (χ1n) is 8.77. The maximum absolute atomic E-state index is 12.9. The third-order valence-corrected chi connectivity index (χ3v) is 6.19. The summed E-state index contributed by atoms with van der Waals surface area (Å²) >= 11 is 0. The largest absolute Gasteiger partial charge is 0.496 e. The second kappa shape index (κ2) is 8.04. The van der Waals surface area contributed by atoms with Crippen LogP contribution in [-0.4, -0.2) is 74.5 Å². The Labute approximate surface area is 161 Å². The summed E-state index contributed by atoms with van der Waals surface area (Å²) in [7, 11) is 0.855. The number of methoxy groups -OCH3 is 1. The predicted molar refractivity (Wildman–Crippen MR) is 103 cm³/mol. The first-order valence-corrected chi connectivity index (χ1v) is 10.2. The molecule has 0 aliphatic carbocycles. The first-order chi connectivity index (χ1) is 12.5. The molecule has 1 heterocycles. The molecule has 1 aliphatic heterocycles. The van der Waals surface area contributed by atoms with Gasteiger partial charge < -0.3 is 14.4 Å². The third-order valence-electron chi connectivity index (χ3n) is 4.24. The van der Waals surface area contributed by atoms with E-state index in [0.717, 1.165) is 0 Å². The van der Waals surface area contributed by atoms with Crippen LogP contribution in [0, 0.1) is 0 Å². The summed E-state index contributed by atoms with van der Waals surface area (Å²) in [5.41, 5.74) is 0.0859. The van der Waals surface area contributed by atoms with Crippen LogP contribution in [-0.2, 0) is 14.9 Å². The van der Waals surface area contributed by atoms with E-state index in [9.17, 15) is 13.2 Å². The lowest BCUT2D eigenvalue weighted by molar-refractivity contribution is 0.0125. The Morgan fingerprint density at radius 2 is 1.81 bits per heavy atom. The smallest absolute Gasteiger partial charge is 0.410 e. The van der Waals surface area contributed by atoms with Gasteiger partial charge in [-0.2, -0.15) is 17.0 Å². The highest BCUT2D eigenvalue weighted by atomic mass is 32.2. The van der Waals surface area contributed by atoms with Crippen LogP contribution in [0.4, 0.5) is 4.79 Å². The molecule has 9 heteroatoms. The van der Waals surface area contributed by atoms with E-state index in [0.29, 0.717) is 11.3 Å². The van der Waals surface area contributed by atoms with Gasteiger partial charge in [-0.15, -0.1) is 0 Å². The Bertz CT molecular complexity index is 773. The highest BCUT2D eigenvalue weighted by Crippen LogP contribution is 2.34. The summed E-state index contributed by atoms with van der Waals surface area (Å²) in [6.07, 6.45) is -0.454. The van der Waals surface area contributed by atoms with Crippen molar-refractivity contribution < 1.29 is 22.7 Å². The molecule has 0 bridgehead atoms. The van der Waals surface area contributed by atoms with Crippen LogP contribution < -0.4 is 4.74 Å². The number of hydrogen-bond donors (Lipinski definition) is 0. The Balaban J connectivity index is 2.41. The Morgan fingerprint density at radius 1 is 1.19 bits per heavy atom. The van der Waals surface area contributed by atoms with Crippen LogP contribution >= 0.6 is 0 Å². The third kappa shape index (κ3) is 4.91. The normalized spacial score (nSPS) is 19.2. The maximum Gasteiger partial charge on any atom is 0.410 e. The van der Waals surface area contributed by atoms with Gasteiger partial charge in [-0.1, -0.05) is 18.2 Å². The van der Waals surface area contributed by atoms with Gasteiger partial charge in [0.25, 0.3) is 10.2 Å². The van der Waals surface area contributed by atoms with Crippen LogP contribution in [0.5, 0.6) is 5.75 Å². The molecule has 1 fully saturated rings. The SMILES string of the molecule is COc1ccccc1C1CN(C(=O)OC(C)(C)C)CCN1S(=O)(=O)N(C)C. The molecular weight excluding hydrogens is 370 g/mol. The monoisotopic (exact) mass is 399 g/mol. The zero-order chi connectivity index (χ0) is 20.4. The van der Waals surface area contributed by atoms with Crippen LogP contribution in [0.2, 0.25) is 0 Å². The van der Waals surface area contributed by atoms with E-state index in [1.807, 2.05) is 18.2 Å². The molecule has 2 rings (SSSR count). The van der Waals surface area contributed by atoms with Gasteiger partial charge >= 0.3 is 6.09 Å². The maximum atomic E-state index is 12.9. The van der Waals surface area contributed by atoms with Gasteiger partial charge in [0, 0.05) is 39.3 Å². The van der Waals surface area contributed by atoms with Gasteiger partial charge in [0.05, 0.1) is 13.2 Å². The lowest BCUT2D eigenvalue weighted by atomic mass is 10.0. The van der Waals surface area contributed by atoms with E-state index in [1.165, 1.54) is 29.8 Å². The second-order valence-corrected chi connectivity index (χ2v) is 9.68. The number of amides is 1. The first kappa shape index (κ1) is 21.5. The molecule has 0 saturated carbocycles. The van der Waals surface area contributed by atoms with E-state index in [2.05, 4.69) is 0 Å². The van der Waals surface area contributed by atoms with Crippen molar-refractivity contribution in [3.8, 4) is 5.75 Å². The standard InChI is InChI=1S/C18H29N3O5S/c1-18(2,3)26-17(22)20-11-12-21(27(23,24)19(4)5)15(13-20)14-9-7-8-10-16(14)25-6/h7-10,15H,11-13H2,1-6H3. The number of hydrogen-bond acceptors (Lipinski definition) is 5. The molecular formula is C18H29N3O5S. The van der Waals surface area contributed by atoms with E-state index in [4.69, 9.17) is 9.47 Å². The number of para-hydroxylation sites is 1. The lowest BCUT2D eigenvalue weighted by Crippen LogP contribution is -2.55. The number of piperazine rings is 1. The summed E-state index contributed by atoms with van der Waals surface area (Å²) < 4.78 is 39.2. The van der Waals surface area contributed by atoms with Crippen molar-refractivity contribution in [2.45, 2.75) is 32.4 Å². The summed E-state index contributed by atoms with van der Waals surface area (Å²) in [5, 5.41) is 0. The average Bonchev–Trinajstić information content (AvgIpc) is 2.59. The molecule has 1 saturated heterocycles. The topological polar surface area (TPSA) is 79.4 Å². The molecule has 152 valence electrons. The number of rotatable bonds is 4. The fourth-order valence-electron chi connectivity index (χ4n) is 2.94. The molecule has 1 unspecified atom stereocenters. The zero-order valence-electron chi connectivity index (χ0n) is 16.8. The fraction of sp³-hybridized carbons (Fsp3) is 0.611. The molecule has 1 aromatic carbocycles. The van der Waals surface area contributed by atoms with Crippen molar-refractivity contribution in [2.75, 3.05) is 40.8 Å². The average molecular weight is 400 g/mol. The van der Waals surface area contributed by atoms with E-state index in [-0.39, 0.29) is 19.6 Å². The molecule has 1 amide bonds. The minimum Gasteiger partial charge on any atom is -0.496 e. The van der Waals surface area contributed by atoms with Gasteiger partial charge in [-0.05, 0) is 26.8 Å². The van der Waals surface area contributed by atoms with Gasteiger partial charge in [-0.25, -0.2) is 4.79 Å². The molecule has 27 heavy (non-hydrogen) atoms. The van der Waals surface area contributed by atoms with Gasteiger partial charge in [-0.3, -0.25) is 0 Å². The minimum absolute atomic E-state index is 0.169. The molecule has 1 aliphatic rings. The molecule has 8 nitrogen and oxygen atoms in total. The van der Waals surface area contributed by atoms with Crippen LogP contribution in [0.25, 0.3) is 0 Å². The molecule has 0 N–H and O–H groups in total. The highest BCUT2D eigenvalue weighted by Gasteiger charge is 2.40. The van der Waals surface area contributed by atoms with Crippen molar-refractivity contribution in [2.24, 2.45) is 0 Å². The Kier molecular flexibility index (Phi) is 6.39. The van der Waals surface area contributed by atoms with Crippen LogP contribution in [0.1, 0.15) is 32.4 Å². The van der Waals surface area contributed by atoms with Gasteiger partial charge in [0.2, 0.25) is 0 Å². The Hall–Kier alpha value is -1.84. The zero-order valence-corrected chi connectivity index (χ0v) is 17.6. The lowest BCUT2D eigenvalue weighted by Gasteiger charge is -2.42. The van der Waals surface area contributed by atoms with Crippen molar-refractivity contribution in [1.82, 2.24) is 13.5 Å². The highest BCUT2D eigenvalue weighted by molar-refractivity contribution is 7.86. The molecule has 0 aromatic heterocycles. The van der Waals surface area contributed by atoms with E-state index < -0.39 is 27.9 Å². The number of ether oxygens (including phenoxy) is 2. The van der Waals surface area contributed by atoms with Crippen molar-refractivity contribution >= 4 is 16.3 Å². The summed E-state index contributed by atoms with van der Waals surface area (Å²) in [4.78, 5) is 14.1.